The van der Waals surface area contributed by atoms with Crippen molar-refractivity contribution in [3.8, 4) is 5.75 Å². The summed E-state index contributed by atoms with van der Waals surface area (Å²) in [5, 5.41) is 0. The molecule has 0 spiro atoms. The second-order valence-corrected chi connectivity index (χ2v) is 4.94. The first-order valence-corrected chi connectivity index (χ1v) is 6.05. The van der Waals surface area contributed by atoms with Crippen molar-refractivity contribution in [2.75, 3.05) is 20.2 Å². The summed E-state index contributed by atoms with van der Waals surface area (Å²) in [6.45, 7) is 7.89. The molecular weight excluding hydrogens is 198 g/mol. The number of ether oxygens (including phenoxy) is 1. The average Bonchev–Trinajstić information content (AvgIpc) is 2.67. The van der Waals surface area contributed by atoms with E-state index in [2.05, 4.69) is 36.9 Å². The van der Waals surface area contributed by atoms with Gasteiger partial charge in [0.05, 0.1) is 7.11 Å². The lowest BCUT2D eigenvalue weighted by Crippen LogP contribution is -2.20. The Morgan fingerprint density at radius 2 is 2.25 bits per heavy atom. The van der Waals surface area contributed by atoms with Crippen molar-refractivity contribution < 1.29 is 4.74 Å². The molecule has 1 aromatic carbocycles. The summed E-state index contributed by atoms with van der Waals surface area (Å²) in [6, 6.07) is 6.48. The van der Waals surface area contributed by atoms with Crippen LogP contribution in [0.3, 0.4) is 0 Å². The SMILES string of the molecule is COc1cc(C)ccc1CN1CCC(C)C1. The van der Waals surface area contributed by atoms with Crippen LogP contribution in [0.15, 0.2) is 18.2 Å². The maximum absolute atomic E-state index is 5.44. The number of benzene rings is 1. The van der Waals surface area contributed by atoms with E-state index in [0.717, 1.165) is 18.2 Å². The van der Waals surface area contributed by atoms with Gasteiger partial charge in [0.25, 0.3) is 0 Å². The molecule has 1 aliphatic heterocycles. The second kappa shape index (κ2) is 4.88. The predicted molar refractivity (Wildman–Crippen MR) is 66.8 cm³/mol. The molecule has 1 fully saturated rings. The molecule has 2 heteroatoms. The van der Waals surface area contributed by atoms with Gasteiger partial charge < -0.3 is 4.74 Å². The highest BCUT2D eigenvalue weighted by atomic mass is 16.5. The van der Waals surface area contributed by atoms with E-state index in [1.165, 1.54) is 30.6 Å². The van der Waals surface area contributed by atoms with E-state index >= 15 is 0 Å². The van der Waals surface area contributed by atoms with E-state index in [-0.39, 0.29) is 0 Å². The molecule has 1 heterocycles. The van der Waals surface area contributed by atoms with Crippen LogP contribution in [0.5, 0.6) is 5.75 Å². The van der Waals surface area contributed by atoms with Crippen molar-refractivity contribution in [3.05, 3.63) is 29.3 Å². The lowest BCUT2D eigenvalue weighted by molar-refractivity contribution is 0.311. The molecule has 1 saturated heterocycles. The third-order valence-electron chi connectivity index (χ3n) is 3.34. The Morgan fingerprint density at radius 1 is 1.44 bits per heavy atom. The van der Waals surface area contributed by atoms with E-state index in [4.69, 9.17) is 4.74 Å². The first kappa shape index (κ1) is 11.5. The van der Waals surface area contributed by atoms with Crippen LogP contribution in [0, 0.1) is 12.8 Å². The number of hydrogen-bond acceptors (Lipinski definition) is 2. The molecule has 2 rings (SSSR count). The number of aryl methyl sites for hydroxylation is 1. The summed E-state index contributed by atoms with van der Waals surface area (Å²) >= 11 is 0. The van der Waals surface area contributed by atoms with E-state index in [1.54, 1.807) is 7.11 Å². The maximum atomic E-state index is 5.44. The summed E-state index contributed by atoms with van der Waals surface area (Å²) in [4.78, 5) is 2.51. The minimum absolute atomic E-state index is 0.844. The molecule has 16 heavy (non-hydrogen) atoms. The highest BCUT2D eigenvalue weighted by Gasteiger charge is 2.19. The van der Waals surface area contributed by atoms with Crippen LogP contribution in [0.4, 0.5) is 0 Å². The Hall–Kier alpha value is -1.02. The fraction of sp³-hybridized carbons (Fsp3) is 0.571. The zero-order valence-electron chi connectivity index (χ0n) is 10.5. The summed E-state index contributed by atoms with van der Waals surface area (Å²) in [5.74, 6) is 1.87. The molecule has 0 aromatic heterocycles. The number of likely N-dealkylation sites (tertiary alicyclic amines) is 1. The smallest absolute Gasteiger partial charge is 0.123 e. The number of nitrogens with zero attached hydrogens (tertiary/aromatic N) is 1. The molecule has 88 valence electrons. The Kier molecular flexibility index (Phi) is 3.49. The van der Waals surface area contributed by atoms with Gasteiger partial charge in [-0.3, -0.25) is 4.90 Å². The standard InChI is InChI=1S/C14H21NO/c1-11-4-5-13(14(8-11)16-3)10-15-7-6-12(2)9-15/h4-5,8,12H,6-7,9-10H2,1-3H3. The first-order valence-electron chi connectivity index (χ1n) is 6.05. The van der Waals surface area contributed by atoms with Crippen LogP contribution in [0.2, 0.25) is 0 Å². The largest absolute Gasteiger partial charge is 0.496 e. The van der Waals surface area contributed by atoms with Crippen molar-refractivity contribution in [1.82, 2.24) is 4.90 Å². The zero-order valence-corrected chi connectivity index (χ0v) is 10.5. The Balaban J connectivity index is 2.08. The molecule has 0 aliphatic carbocycles. The minimum atomic E-state index is 0.844. The molecule has 2 nitrogen and oxygen atoms in total. The van der Waals surface area contributed by atoms with E-state index in [9.17, 15) is 0 Å². The molecule has 0 N–H and O–H groups in total. The van der Waals surface area contributed by atoms with Crippen molar-refractivity contribution in [2.45, 2.75) is 26.8 Å². The Bertz CT molecular complexity index is 362. The molecule has 0 amide bonds. The zero-order chi connectivity index (χ0) is 11.5. The van der Waals surface area contributed by atoms with Crippen LogP contribution in [0.25, 0.3) is 0 Å². The molecule has 0 saturated carbocycles. The predicted octanol–water partition coefficient (Wildman–Crippen LogP) is 2.85. The van der Waals surface area contributed by atoms with Crippen molar-refractivity contribution >= 4 is 0 Å². The summed E-state index contributed by atoms with van der Waals surface area (Å²) in [5.41, 5.74) is 2.57. The second-order valence-electron chi connectivity index (χ2n) is 4.94. The highest BCUT2D eigenvalue weighted by Crippen LogP contribution is 2.24. The normalized spacial score (nSPS) is 21.3. The fourth-order valence-electron chi connectivity index (χ4n) is 2.39. The van der Waals surface area contributed by atoms with E-state index in [1.807, 2.05) is 0 Å². The van der Waals surface area contributed by atoms with Crippen molar-refractivity contribution in [2.24, 2.45) is 5.92 Å². The summed E-state index contributed by atoms with van der Waals surface area (Å²) < 4.78 is 5.44. The van der Waals surface area contributed by atoms with Crippen LogP contribution < -0.4 is 4.74 Å². The molecule has 1 atom stereocenters. The Morgan fingerprint density at radius 3 is 2.88 bits per heavy atom. The van der Waals surface area contributed by atoms with Gasteiger partial charge in [-0.15, -0.1) is 0 Å². The number of hydrogen-bond donors (Lipinski definition) is 0. The number of methoxy groups -OCH3 is 1. The minimum Gasteiger partial charge on any atom is -0.496 e. The van der Waals surface area contributed by atoms with Gasteiger partial charge in [-0.2, -0.15) is 0 Å². The van der Waals surface area contributed by atoms with Crippen LogP contribution in [-0.4, -0.2) is 25.1 Å². The van der Waals surface area contributed by atoms with Gasteiger partial charge in [-0.05, 0) is 37.4 Å². The lowest BCUT2D eigenvalue weighted by atomic mass is 10.1. The van der Waals surface area contributed by atoms with Crippen molar-refractivity contribution in [1.29, 1.82) is 0 Å². The van der Waals surface area contributed by atoms with Crippen LogP contribution >= 0.6 is 0 Å². The third kappa shape index (κ3) is 2.56. The molecular formula is C14H21NO. The van der Waals surface area contributed by atoms with Gasteiger partial charge in [0.1, 0.15) is 5.75 Å². The highest BCUT2D eigenvalue weighted by molar-refractivity contribution is 5.37. The third-order valence-corrected chi connectivity index (χ3v) is 3.34. The fourth-order valence-corrected chi connectivity index (χ4v) is 2.39. The van der Waals surface area contributed by atoms with Gasteiger partial charge >= 0.3 is 0 Å². The van der Waals surface area contributed by atoms with Crippen LogP contribution in [0.1, 0.15) is 24.5 Å². The van der Waals surface area contributed by atoms with Crippen LogP contribution in [-0.2, 0) is 6.54 Å². The molecule has 0 bridgehead atoms. The average molecular weight is 219 g/mol. The quantitative estimate of drug-likeness (QED) is 0.775. The summed E-state index contributed by atoms with van der Waals surface area (Å²) in [7, 11) is 1.75. The molecule has 0 radical (unpaired) electrons. The maximum Gasteiger partial charge on any atom is 0.123 e. The Labute approximate surface area is 98.2 Å². The topological polar surface area (TPSA) is 12.5 Å². The van der Waals surface area contributed by atoms with Gasteiger partial charge in [0.15, 0.2) is 0 Å². The van der Waals surface area contributed by atoms with Gasteiger partial charge in [-0.25, -0.2) is 0 Å². The van der Waals surface area contributed by atoms with Gasteiger partial charge in [0.2, 0.25) is 0 Å². The van der Waals surface area contributed by atoms with Gasteiger partial charge in [-0.1, -0.05) is 19.1 Å². The van der Waals surface area contributed by atoms with E-state index < -0.39 is 0 Å². The summed E-state index contributed by atoms with van der Waals surface area (Å²) in [6.07, 6.45) is 1.33. The molecule has 1 aliphatic rings. The number of rotatable bonds is 3. The molecule has 1 unspecified atom stereocenters. The molecule has 1 aromatic rings. The first-order chi connectivity index (χ1) is 7.69. The van der Waals surface area contributed by atoms with Gasteiger partial charge in [0, 0.05) is 18.7 Å². The lowest BCUT2D eigenvalue weighted by Gasteiger charge is -2.17. The monoisotopic (exact) mass is 219 g/mol. The van der Waals surface area contributed by atoms with Crippen molar-refractivity contribution in [3.63, 3.8) is 0 Å². The van der Waals surface area contributed by atoms with E-state index in [0.29, 0.717) is 0 Å².